The Kier molecular flexibility index (Phi) is 5.21. The molecule has 0 spiro atoms. The molecule has 0 radical (unpaired) electrons. The fourth-order valence-electron chi connectivity index (χ4n) is 2.39. The Hall–Kier alpha value is -2.14. The molecule has 0 fully saturated rings. The molecule has 1 heterocycles. The van der Waals surface area contributed by atoms with Crippen molar-refractivity contribution in [2.45, 2.75) is 34.1 Å². The van der Waals surface area contributed by atoms with Crippen molar-refractivity contribution in [3.63, 3.8) is 0 Å². The molecule has 0 aliphatic carbocycles. The minimum absolute atomic E-state index is 0.122. The summed E-state index contributed by atoms with van der Waals surface area (Å²) >= 11 is 1.40. The average molecular weight is 331 g/mol. The largest absolute Gasteiger partial charge is 0.465 e. The van der Waals surface area contributed by atoms with E-state index < -0.39 is 5.97 Å². The standard InChI is InChI=1S/C18H21NO3S/c1-6-14(20)19-17-16(18(21)22-5)15(12(4)23-17)13-8-7-10(2)11(3)9-13/h7-9H,6H2,1-5H3,(H,19,20). The summed E-state index contributed by atoms with van der Waals surface area (Å²) in [4.78, 5) is 25.0. The number of esters is 1. The normalized spacial score (nSPS) is 10.5. The van der Waals surface area contributed by atoms with Gasteiger partial charge in [0.25, 0.3) is 0 Å². The lowest BCUT2D eigenvalue weighted by Crippen LogP contribution is -2.12. The van der Waals surface area contributed by atoms with Gasteiger partial charge in [-0.2, -0.15) is 0 Å². The summed E-state index contributed by atoms with van der Waals surface area (Å²) in [7, 11) is 1.35. The van der Waals surface area contributed by atoms with Gasteiger partial charge in [0.15, 0.2) is 0 Å². The number of anilines is 1. The lowest BCUT2D eigenvalue weighted by Gasteiger charge is -2.09. The topological polar surface area (TPSA) is 55.4 Å². The molecule has 0 saturated heterocycles. The molecule has 1 amide bonds. The van der Waals surface area contributed by atoms with Crippen molar-refractivity contribution in [3.8, 4) is 11.1 Å². The Bertz CT molecular complexity index is 762. The van der Waals surface area contributed by atoms with Crippen LogP contribution in [0.5, 0.6) is 0 Å². The number of rotatable bonds is 4. The Morgan fingerprint density at radius 1 is 1.17 bits per heavy atom. The molecule has 0 aliphatic rings. The molecule has 0 bridgehead atoms. The van der Waals surface area contributed by atoms with Gasteiger partial charge >= 0.3 is 5.97 Å². The number of methoxy groups -OCH3 is 1. The molecule has 23 heavy (non-hydrogen) atoms. The molecule has 1 aromatic heterocycles. The predicted octanol–water partition coefficient (Wildman–Crippen LogP) is 4.48. The van der Waals surface area contributed by atoms with Crippen LogP contribution in [0.4, 0.5) is 5.00 Å². The fourth-order valence-corrected chi connectivity index (χ4v) is 3.47. The van der Waals surface area contributed by atoms with E-state index in [4.69, 9.17) is 4.74 Å². The van der Waals surface area contributed by atoms with Gasteiger partial charge in [0.05, 0.1) is 7.11 Å². The first-order valence-electron chi connectivity index (χ1n) is 7.48. The van der Waals surface area contributed by atoms with Gasteiger partial charge in [-0.1, -0.05) is 25.1 Å². The van der Waals surface area contributed by atoms with Gasteiger partial charge in [-0.25, -0.2) is 4.79 Å². The van der Waals surface area contributed by atoms with E-state index in [2.05, 4.69) is 11.4 Å². The molecule has 0 saturated carbocycles. The zero-order valence-electron chi connectivity index (χ0n) is 14.1. The predicted molar refractivity (Wildman–Crippen MR) is 94.2 cm³/mol. The summed E-state index contributed by atoms with van der Waals surface area (Å²) in [5.41, 5.74) is 4.57. The smallest absolute Gasteiger partial charge is 0.341 e. The molecular formula is C18H21NO3S. The van der Waals surface area contributed by atoms with Crippen molar-refractivity contribution >= 4 is 28.2 Å². The third-order valence-corrected chi connectivity index (χ3v) is 4.86. The molecule has 0 aliphatic heterocycles. The number of hydrogen-bond acceptors (Lipinski definition) is 4. The number of carbonyl (C=O) groups excluding carboxylic acids is 2. The third kappa shape index (κ3) is 3.45. The highest BCUT2D eigenvalue weighted by molar-refractivity contribution is 7.17. The molecule has 0 atom stereocenters. The Morgan fingerprint density at radius 3 is 2.43 bits per heavy atom. The highest BCUT2D eigenvalue weighted by Crippen LogP contribution is 2.40. The summed E-state index contributed by atoms with van der Waals surface area (Å²) in [6, 6.07) is 6.09. The first kappa shape index (κ1) is 17.2. The highest BCUT2D eigenvalue weighted by Gasteiger charge is 2.25. The molecule has 0 unspecified atom stereocenters. The minimum Gasteiger partial charge on any atom is -0.465 e. The van der Waals surface area contributed by atoms with Crippen LogP contribution in [-0.2, 0) is 9.53 Å². The Morgan fingerprint density at radius 2 is 1.87 bits per heavy atom. The summed E-state index contributed by atoms with van der Waals surface area (Å²) in [6.45, 7) is 7.81. The van der Waals surface area contributed by atoms with Crippen LogP contribution in [0.3, 0.4) is 0 Å². The maximum absolute atomic E-state index is 12.3. The summed E-state index contributed by atoms with van der Waals surface area (Å²) in [5.74, 6) is -0.558. The van der Waals surface area contributed by atoms with Crippen LogP contribution in [0, 0.1) is 20.8 Å². The maximum Gasteiger partial charge on any atom is 0.341 e. The van der Waals surface area contributed by atoms with E-state index in [-0.39, 0.29) is 5.91 Å². The van der Waals surface area contributed by atoms with Crippen LogP contribution in [0.15, 0.2) is 18.2 Å². The van der Waals surface area contributed by atoms with E-state index in [1.54, 1.807) is 6.92 Å². The number of hydrogen-bond donors (Lipinski definition) is 1. The summed E-state index contributed by atoms with van der Waals surface area (Å²) in [6.07, 6.45) is 0.358. The number of ether oxygens (including phenoxy) is 1. The number of carbonyl (C=O) groups is 2. The molecule has 5 heteroatoms. The molecule has 1 aromatic carbocycles. The van der Waals surface area contributed by atoms with Crippen LogP contribution >= 0.6 is 11.3 Å². The van der Waals surface area contributed by atoms with Gasteiger partial charge < -0.3 is 10.1 Å². The van der Waals surface area contributed by atoms with Crippen molar-refractivity contribution < 1.29 is 14.3 Å². The molecule has 122 valence electrons. The van der Waals surface area contributed by atoms with E-state index in [1.165, 1.54) is 24.0 Å². The van der Waals surface area contributed by atoms with E-state index in [9.17, 15) is 9.59 Å². The number of thiophene rings is 1. The lowest BCUT2D eigenvalue weighted by molar-refractivity contribution is -0.115. The van der Waals surface area contributed by atoms with E-state index >= 15 is 0 Å². The Balaban J connectivity index is 2.64. The minimum atomic E-state index is -0.436. The van der Waals surface area contributed by atoms with Gasteiger partial charge in [0.1, 0.15) is 10.6 Å². The van der Waals surface area contributed by atoms with Crippen LogP contribution < -0.4 is 5.32 Å². The van der Waals surface area contributed by atoms with E-state index in [1.807, 2.05) is 32.9 Å². The van der Waals surface area contributed by atoms with Gasteiger partial charge in [-0.15, -0.1) is 11.3 Å². The summed E-state index contributed by atoms with van der Waals surface area (Å²) < 4.78 is 4.94. The van der Waals surface area contributed by atoms with Crippen molar-refractivity contribution in [3.05, 3.63) is 39.8 Å². The number of nitrogens with one attached hydrogen (secondary N) is 1. The van der Waals surface area contributed by atoms with Crippen LogP contribution in [-0.4, -0.2) is 19.0 Å². The lowest BCUT2D eigenvalue weighted by atomic mass is 9.97. The zero-order chi connectivity index (χ0) is 17.1. The van der Waals surface area contributed by atoms with Gasteiger partial charge in [-0.05, 0) is 37.5 Å². The second kappa shape index (κ2) is 6.96. The quantitative estimate of drug-likeness (QED) is 0.841. The van der Waals surface area contributed by atoms with Crippen molar-refractivity contribution in [2.24, 2.45) is 0 Å². The van der Waals surface area contributed by atoms with Gasteiger partial charge in [-0.3, -0.25) is 4.79 Å². The van der Waals surface area contributed by atoms with Crippen LogP contribution in [0.1, 0.15) is 39.7 Å². The first-order valence-corrected chi connectivity index (χ1v) is 8.29. The third-order valence-electron chi connectivity index (χ3n) is 3.84. The monoisotopic (exact) mass is 331 g/mol. The van der Waals surface area contributed by atoms with Crippen molar-refractivity contribution in [1.29, 1.82) is 0 Å². The number of amides is 1. The molecular weight excluding hydrogens is 310 g/mol. The maximum atomic E-state index is 12.3. The number of aryl methyl sites for hydroxylation is 3. The molecule has 1 N–H and O–H groups in total. The Labute approximate surface area is 140 Å². The summed E-state index contributed by atoms with van der Waals surface area (Å²) in [5, 5.41) is 3.36. The molecule has 2 rings (SSSR count). The first-order chi connectivity index (χ1) is 10.9. The van der Waals surface area contributed by atoms with Gasteiger partial charge in [0.2, 0.25) is 5.91 Å². The van der Waals surface area contributed by atoms with E-state index in [0.717, 1.165) is 21.6 Å². The highest BCUT2D eigenvalue weighted by atomic mass is 32.1. The average Bonchev–Trinajstić information content (AvgIpc) is 2.85. The van der Waals surface area contributed by atoms with E-state index in [0.29, 0.717) is 17.0 Å². The van der Waals surface area contributed by atoms with Crippen molar-refractivity contribution in [2.75, 3.05) is 12.4 Å². The molecule has 4 nitrogen and oxygen atoms in total. The van der Waals surface area contributed by atoms with Gasteiger partial charge in [0, 0.05) is 16.9 Å². The van der Waals surface area contributed by atoms with Crippen molar-refractivity contribution in [1.82, 2.24) is 0 Å². The zero-order valence-corrected chi connectivity index (χ0v) is 14.9. The number of benzene rings is 1. The van der Waals surface area contributed by atoms with Crippen LogP contribution in [0.2, 0.25) is 0 Å². The fraction of sp³-hybridized carbons (Fsp3) is 0.333. The SMILES string of the molecule is CCC(=O)Nc1sc(C)c(-c2ccc(C)c(C)c2)c1C(=O)OC. The van der Waals surface area contributed by atoms with Crippen LogP contribution in [0.25, 0.3) is 11.1 Å². The second-order valence-electron chi connectivity index (χ2n) is 5.43. The second-order valence-corrected chi connectivity index (χ2v) is 6.65. The molecule has 2 aromatic rings.